The quantitative estimate of drug-likeness (QED) is 0.154. The molecule has 0 spiro atoms. The molecule has 0 saturated heterocycles. The smallest absolute Gasteiger partial charge is 0.338 e. The molecule has 0 aliphatic rings. The van der Waals surface area contributed by atoms with Crippen LogP contribution in [0.1, 0.15) is 148 Å². The van der Waals surface area contributed by atoms with Crippen molar-refractivity contribution < 1.29 is 19.1 Å². The fourth-order valence-corrected chi connectivity index (χ4v) is 5.85. The van der Waals surface area contributed by atoms with Gasteiger partial charge in [0, 0.05) is 13.1 Å². The zero-order valence-corrected chi connectivity index (χ0v) is 34.0. The van der Waals surface area contributed by atoms with Crippen LogP contribution in [0.5, 0.6) is 0 Å². The summed E-state index contributed by atoms with van der Waals surface area (Å²) in [5.74, 6) is -0.602. The summed E-state index contributed by atoms with van der Waals surface area (Å²) in [4.78, 5) is 28.5. The molecule has 4 aromatic carbocycles. The molecule has 0 saturated carbocycles. The molecule has 5 nitrogen and oxygen atoms in total. The lowest BCUT2D eigenvalue weighted by Gasteiger charge is -2.26. The molecule has 0 unspecified atom stereocenters. The average Bonchev–Trinajstić information content (AvgIpc) is 3.05. The molecular weight excluding hydrogens is 643 g/mol. The van der Waals surface area contributed by atoms with E-state index in [1.807, 2.05) is 48.5 Å². The lowest BCUT2D eigenvalue weighted by molar-refractivity contribution is 0.0463. The highest BCUT2D eigenvalue weighted by molar-refractivity contribution is 5.90. The maximum Gasteiger partial charge on any atom is 0.338 e. The Morgan fingerprint density at radius 3 is 0.942 bits per heavy atom. The van der Waals surface area contributed by atoms with Crippen molar-refractivity contribution in [1.29, 1.82) is 0 Å². The minimum Gasteiger partial charge on any atom is -0.457 e. The van der Waals surface area contributed by atoms with Gasteiger partial charge in [0.2, 0.25) is 0 Å². The molecule has 0 heterocycles. The second-order valence-corrected chi connectivity index (χ2v) is 18.6. The normalized spacial score (nSPS) is 12.6. The molecule has 0 bridgehead atoms. The summed E-state index contributed by atoms with van der Waals surface area (Å²) in [6.45, 7) is 28.0. The third-order valence-electron chi connectivity index (χ3n) is 9.49. The summed E-state index contributed by atoms with van der Waals surface area (Å²) >= 11 is 0. The van der Waals surface area contributed by atoms with E-state index in [4.69, 9.17) is 9.47 Å². The molecule has 0 aliphatic heterocycles. The number of hydrogen-bond acceptors (Lipinski definition) is 5. The summed E-state index contributed by atoms with van der Waals surface area (Å²) in [5.41, 5.74) is 9.69. The van der Waals surface area contributed by atoms with Crippen LogP contribution >= 0.6 is 0 Å². The summed E-state index contributed by atoms with van der Waals surface area (Å²) < 4.78 is 11.5. The van der Waals surface area contributed by atoms with Crippen LogP contribution in [-0.2, 0) is 57.4 Å². The van der Waals surface area contributed by atoms with Crippen molar-refractivity contribution in [3.05, 3.63) is 141 Å². The van der Waals surface area contributed by atoms with E-state index in [1.54, 1.807) is 0 Å². The van der Waals surface area contributed by atoms with Gasteiger partial charge in [0.05, 0.1) is 11.1 Å². The van der Waals surface area contributed by atoms with Crippen molar-refractivity contribution >= 4 is 11.9 Å². The van der Waals surface area contributed by atoms with Crippen LogP contribution in [0.25, 0.3) is 0 Å². The Hall–Kier alpha value is -4.22. The molecule has 0 radical (unpaired) electrons. The number of benzene rings is 4. The SMILES string of the molecule is CN(Cc1ccc(COC(=O)c2cc(C(C)(C)C)cc(C(C)(C)C)c2)cc1)Cc1ccc(COC(=O)c2cc(C(C)(C)C)cc(C(C)(C)C)c2)cc1. The topological polar surface area (TPSA) is 55.8 Å². The molecule has 278 valence electrons. The van der Waals surface area contributed by atoms with E-state index in [-0.39, 0.29) is 46.8 Å². The third kappa shape index (κ3) is 11.4. The molecule has 5 heteroatoms. The number of esters is 2. The van der Waals surface area contributed by atoms with E-state index in [0.717, 1.165) is 46.5 Å². The van der Waals surface area contributed by atoms with E-state index >= 15 is 0 Å². The van der Waals surface area contributed by atoms with Crippen molar-refractivity contribution in [3.8, 4) is 0 Å². The Bertz CT molecular complexity index is 1640. The Morgan fingerprint density at radius 1 is 0.442 bits per heavy atom. The minimum atomic E-state index is -0.301. The predicted octanol–water partition coefficient (Wildman–Crippen LogP) is 11.2. The zero-order valence-electron chi connectivity index (χ0n) is 34.0. The van der Waals surface area contributed by atoms with Crippen molar-refractivity contribution in [3.63, 3.8) is 0 Å². The molecule has 0 atom stereocenters. The van der Waals surface area contributed by atoms with Crippen LogP contribution in [0.3, 0.4) is 0 Å². The number of ether oxygens (including phenoxy) is 2. The lowest BCUT2D eigenvalue weighted by atomic mass is 9.79. The number of nitrogens with zero attached hydrogens (tertiary/aromatic N) is 1. The second kappa shape index (κ2) is 15.8. The lowest BCUT2D eigenvalue weighted by Crippen LogP contribution is -2.18. The fourth-order valence-electron chi connectivity index (χ4n) is 5.85. The Balaban J connectivity index is 1.29. The van der Waals surface area contributed by atoms with Crippen molar-refractivity contribution in [1.82, 2.24) is 4.90 Å². The van der Waals surface area contributed by atoms with Gasteiger partial charge in [0.1, 0.15) is 13.2 Å². The Morgan fingerprint density at radius 2 is 0.692 bits per heavy atom. The number of carbonyl (C=O) groups is 2. The van der Waals surface area contributed by atoms with E-state index in [2.05, 4.69) is 131 Å². The fraction of sp³-hybridized carbons (Fsp3) is 0.447. The Kier molecular flexibility index (Phi) is 12.3. The molecule has 0 aromatic heterocycles. The molecule has 0 aliphatic carbocycles. The standard InChI is InChI=1S/C47H61NO4/c1-44(2,3)38-22-36(23-39(26-38)45(4,5)6)42(49)51-30-34-18-14-32(15-19-34)28-48(13)29-33-16-20-35(21-17-33)31-52-43(50)37-24-40(46(7,8)9)27-41(25-37)47(10,11)12/h14-27H,28-31H2,1-13H3. The van der Waals surface area contributed by atoms with Gasteiger partial charge < -0.3 is 9.47 Å². The molecule has 52 heavy (non-hydrogen) atoms. The first-order valence-electron chi connectivity index (χ1n) is 18.5. The minimum absolute atomic E-state index is 0.0730. The molecule has 0 amide bonds. The molecule has 0 fully saturated rings. The van der Waals surface area contributed by atoms with Gasteiger partial charge in [0.15, 0.2) is 0 Å². The number of rotatable bonds is 10. The maximum atomic E-state index is 13.1. The summed E-state index contributed by atoms with van der Waals surface area (Å²) in [6, 6.07) is 28.8. The highest BCUT2D eigenvalue weighted by atomic mass is 16.5. The molecular formula is C47H61NO4. The highest BCUT2D eigenvalue weighted by Gasteiger charge is 2.24. The zero-order chi connectivity index (χ0) is 38.6. The van der Waals surface area contributed by atoms with E-state index in [9.17, 15) is 9.59 Å². The first kappa shape index (κ1) is 40.5. The number of carbonyl (C=O) groups excluding carboxylic acids is 2. The summed E-state index contributed by atoms with van der Waals surface area (Å²) in [6.07, 6.45) is 0. The van der Waals surface area contributed by atoms with Gasteiger partial charge in [-0.2, -0.15) is 0 Å². The van der Waals surface area contributed by atoms with Crippen LogP contribution in [0.2, 0.25) is 0 Å². The highest BCUT2D eigenvalue weighted by Crippen LogP contribution is 2.32. The van der Waals surface area contributed by atoms with Crippen LogP contribution in [0.4, 0.5) is 0 Å². The van der Waals surface area contributed by atoms with Crippen LogP contribution in [-0.4, -0.2) is 23.9 Å². The maximum absolute atomic E-state index is 13.1. The molecule has 0 N–H and O–H groups in total. The second-order valence-electron chi connectivity index (χ2n) is 18.6. The summed E-state index contributed by atoms with van der Waals surface area (Å²) in [7, 11) is 2.10. The predicted molar refractivity (Wildman–Crippen MR) is 214 cm³/mol. The van der Waals surface area contributed by atoms with Crippen LogP contribution in [0.15, 0.2) is 84.9 Å². The van der Waals surface area contributed by atoms with Crippen LogP contribution in [0, 0.1) is 0 Å². The van der Waals surface area contributed by atoms with E-state index in [1.165, 1.54) is 11.1 Å². The van der Waals surface area contributed by atoms with Gasteiger partial charge in [-0.3, -0.25) is 4.90 Å². The molecule has 4 aromatic rings. The van der Waals surface area contributed by atoms with Gasteiger partial charge in [-0.1, -0.05) is 144 Å². The average molecular weight is 704 g/mol. The van der Waals surface area contributed by atoms with Crippen molar-refractivity contribution in [2.75, 3.05) is 7.05 Å². The third-order valence-corrected chi connectivity index (χ3v) is 9.49. The van der Waals surface area contributed by atoms with Gasteiger partial charge in [-0.05, 0) is 97.5 Å². The van der Waals surface area contributed by atoms with E-state index < -0.39 is 0 Å². The summed E-state index contributed by atoms with van der Waals surface area (Å²) in [5, 5.41) is 0. The van der Waals surface area contributed by atoms with Crippen molar-refractivity contribution in [2.45, 2.75) is 131 Å². The largest absolute Gasteiger partial charge is 0.457 e. The monoisotopic (exact) mass is 703 g/mol. The van der Waals surface area contributed by atoms with Gasteiger partial charge in [-0.25, -0.2) is 9.59 Å². The first-order chi connectivity index (χ1) is 24.0. The molecule has 4 rings (SSSR count). The first-order valence-corrected chi connectivity index (χ1v) is 18.5. The van der Waals surface area contributed by atoms with E-state index in [0.29, 0.717) is 11.1 Å². The number of hydrogen-bond donors (Lipinski definition) is 0. The Labute approximate surface area is 313 Å². The van der Waals surface area contributed by atoms with Gasteiger partial charge in [0.25, 0.3) is 0 Å². The van der Waals surface area contributed by atoms with Gasteiger partial charge >= 0.3 is 11.9 Å². The van der Waals surface area contributed by atoms with Gasteiger partial charge in [-0.15, -0.1) is 0 Å². The van der Waals surface area contributed by atoms with Crippen LogP contribution < -0.4 is 0 Å². The van der Waals surface area contributed by atoms with Crippen molar-refractivity contribution in [2.24, 2.45) is 0 Å².